The second-order valence-electron chi connectivity index (χ2n) is 9.64. The van der Waals surface area contributed by atoms with Gasteiger partial charge in [0, 0.05) is 24.8 Å². The van der Waals surface area contributed by atoms with E-state index in [2.05, 4.69) is 12.0 Å². The zero-order valence-corrected chi connectivity index (χ0v) is 19.6. The highest BCUT2D eigenvalue weighted by Gasteiger charge is 2.35. The molecule has 7 heteroatoms. The molecule has 1 N–H and O–H groups in total. The average Bonchev–Trinajstić information content (AvgIpc) is 3.16. The Morgan fingerprint density at radius 2 is 1.94 bits per heavy atom. The van der Waals surface area contributed by atoms with E-state index in [1.807, 2.05) is 18.5 Å². The quantitative estimate of drug-likeness (QED) is 0.451. The van der Waals surface area contributed by atoms with Crippen molar-refractivity contribution in [2.75, 3.05) is 11.9 Å². The molecule has 178 valence electrons. The molecule has 0 spiro atoms. The minimum absolute atomic E-state index is 0.0543. The van der Waals surface area contributed by atoms with Gasteiger partial charge in [0.25, 0.3) is 0 Å². The van der Waals surface area contributed by atoms with Crippen molar-refractivity contribution in [1.29, 1.82) is 0 Å². The van der Waals surface area contributed by atoms with Gasteiger partial charge in [-0.3, -0.25) is 4.68 Å². The SMILES string of the molecule is CC1CCCC(CCCn2ncc(C(O)N(C)c3ccccc3C(F)(F)F)c2C(C)C)C1. The molecule has 3 rings (SSSR count). The van der Waals surface area contributed by atoms with Crippen LogP contribution in [-0.4, -0.2) is 21.9 Å². The summed E-state index contributed by atoms with van der Waals surface area (Å²) in [5.74, 6) is 1.66. The highest BCUT2D eigenvalue weighted by Crippen LogP contribution is 2.39. The van der Waals surface area contributed by atoms with Gasteiger partial charge in [0.2, 0.25) is 0 Å². The number of aryl methyl sites for hydroxylation is 1. The monoisotopic (exact) mass is 451 g/mol. The maximum atomic E-state index is 13.5. The summed E-state index contributed by atoms with van der Waals surface area (Å²) in [6, 6.07) is 5.33. The molecule has 1 aromatic heterocycles. The summed E-state index contributed by atoms with van der Waals surface area (Å²) in [7, 11) is 1.49. The van der Waals surface area contributed by atoms with Crippen LogP contribution in [0.15, 0.2) is 30.5 Å². The first kappa shape index (κ1) is 24.6. The highest BCUT2D eigenvalue weighted by molar-refractivity contribution is 5.55. The molecule has 0 radical (unpaired) electrons. The molecular formula is C25H36F3N3O. The molecule has 32 heavy (non-hydrogen) atoms. The molecule has 3 unspecified atom stereocenters. The predicted molar refractivity (Wildman–Crippen MR) is 121 cm³/mol. The van der Waals surface area contributed by atoms with Gasteiger partial charge in [0.15, 0.2) is 6.23 Å². The number of nitrogens with zero attached hydrogens (tertiary/aromatic N) is 3. The molecule has 1 aliphatic carbocycles. The molecule has 4 nitrogen and oxygen atoms in total. The van der Waals surface area contributed by atoms with E-state index in [4.69, 9.17) is 0 Å². The lowest BCUT2D eigenvalue weighted by atomic mass is 9.80. The molecule has 3 atom stereocenters. The van der Waals surface area contributed by atoms with Gasteiger partial charge in [-0.25, -0.2) is 0 Å². The van der Waals surface area contributed by atoms with E-state index in [9.17, 15) is 18.3 Å². The number of para-hydroxylation sites is 1. The first-order valence-corrected chi connectivity index (χ1v) is 11.7. The largest absolute Gasteiger partial charge is 0.418 e. The maximum absolute atomic E-state index is 13.5. The number of aliphatic hydroxyl groups excluding tert-OH is 1. The van der Waals surface area contributed by atoms with Crippen molar-refractivity contribution in [3.8, 4) is 0 Å². The number of rotatable bonds is 8. The molecule has 0 amide bonds. The Bertz CT molecular complexity index is 878. The summed E-state index contributed by atoms with van der Waals surface area (Å²) in [5, 5.41) is 15.6. The number of hydrogen-bond donors (Lipinski definition) is 1. The predicted octanol–water partition coefficient (Wildman–Crippen LogP) is 6.76. The third-order valence-corrected chi connectivity index (χ3v) is 6.72. The number of anilines is 1. The van der Waals surface area contributed by atoms with Crippen molar-refractivity contribution in [3.05, 3.63) is 47.3 Å². The van der Waals surface area contributed by atoms with Crippen LogP contribution in [0.3, 0.4) is 0 Å². The standard InChI is InChI=1S/C25H36F3N3O/c1-17(2)23-20(16-29-31(23)14-8-11-19-10-7-9-18(3)15-19)24(32)30(4)22-13-6-5-12-21(22)25(26,27)28/h5-6,12-13,16-19,24,32H,7-11,14-15H2,1-4H3. The third kappa shape index (κ3) is 5.66. The summed E-state index contributed by atoms with van der Waals surface area (Å²) in [6.45, 7) is 7.14. The fourth-order valence-electron chi connectivity index (χ4n) is 5.13. The summed E-state index contributed by atoms with van der Waals surface area (Å²) < 4.78 is 42.4. The Labute approximate surface area is 189 Å². The number of hydrogen-bond acceptors (Lipinski definition) is 3. The summed E-state index contributed by atoms with van der Waals surface area (Å²) in [5.41, 5.74) is 0.625. The fraction of sp³-hybridized carbons (Fsp3) is 0.640. The fourth-order valence-corrected chi connectivity index (χ4v) is 5.13. The van der Waals surface area contributed by atoms with Crippen LogP contribution in [0.2, 0.25) is 0 Å². The van der Waals surface area contributed by atoms with Crippen LogP contribution >= 0.6 is 0 Å². The lowest BCUT2D eigenvalue weighted by Gasteiger charge is -2.29. The number of halogens is 3. The minimum Gasteiger partial charge on any atom is -0.369 e. The van der Waals surface area contributed by atoms with Crippen LogP contribution in [0.5, 0.6) is 0 Å². The van der Waals surface area contributed by atoms with Crippen LogP contribution in [0.25, 0.3) is 0 Å². The molecule has 1 aromatic carbocycles. The van der Waals surface area contributed by atoms with E-state index in [0.717, 1.165) is 36.6 Å². The first-order valence-electron chi connectivity index (χ1n) is 11.7. The maximum Gasteiger partial charge on any atom is 0.418 e. The van der Waals surface area contributed by atoms with Crippen molar-refractivity contribution in [1.82, 2.24) is 9.78 Å². The summed E-state index contributed by atoms with van der Waals surface area (Å²) in [6.07, 6.45) is 3.31. The second kappa shape index (κ2) is 10.3. The van der Waals surface area contributed by atoms with Crippen molar-refractivity contribution < 1.29 is 18.3 Å². The molecule has 2 aromatic rings. The lowest BCUT2D eigenvalue weighted by Crippen LogP contribution is -2.27. The van der Waals surface area contributed by atoms with E-state index in [1.54, 1.807) is 12.3 Å². The second-order valence-corrected chi connectivity index (χ2v) is 9.64. The molecule has 0 bridgehead atoms. The highest BCUT2D eigenvalue weighted by atomic mass is 19.4. The molecule has 1 aliphatic rings. The van der Waals surface area contributed by atoms with Crippen LogP contribution in [-0.2, 0) is 12.7 Å². The van der Waals surface area contributed by atoms with E-state index in [1.165, 1.54) is 56.2 Å². The van der Waals surface area contributed by atoms with Gasteiger partial charge >= 0.3 is 6.18 Å². The number of alkyl halides is 3. The Hall–Kier alpha value is -2.02. The molecular weight excluding hydrogens is 415 g/mol. The number of aliphatic hydroxyl groups is 1. The Morgan fingerprint density at radius 1 is 1.22 bits per heavy atom. The van der Waals surface area contributed by atoms with Gasteiger partial charge < -0.3 is 10.0 Å². The van der Waals surface area contributed by atoms with Gasteiger partial charge in [-0.05, 0) is 49.1 Å². The third-order valence-electron chi connectivity index (χ3n) is 6.72. The first-order chi connectivity index (χ1) is 15.1. The van der Waals surface area contributed by atoms with Gasteiger partial charge in [0.1, 0.15) is 0 Å². The molecule has 0 saturated heterocycles. The molecule has 1 fully saturated rings. The summed E-state index contributed by atoms with van der Waals surface area (Å²) in [4.78, 5) is 1.28. The molecule has 0 aliphatic heterocycles. The summed E-state index contributed by atoms with van der Waals surface area (Å²) >= 11 is 0. The topological polar surface area (TPSA) is 41.3 Å². The number of aromatic nitrogens is 2. The number of benzene rings is 1. The van der Waals surface area contributed by atoms with Crippen molar-refractivity contribution >= 4 is 5.69 Å². The Balaban J connectivity index is 1.76. The van der Waals surface area contributed by atoms with Crippen molar-refractivity contribution in [2.45, 2.75) is 84.2 Å². The van der Waals surface area contributed by atoms with Crippen LogP contribution in [0.1, 0.15) is 88.3 Å². The smallest absolute Gasteiger partial charge is 0.369 e. The van der Waals surface area contributed by atoms with Crippen LogP contribution < -0.4 is 4.90 Å². The van der Waals surface area contributed by atoms with Gasteiger partial charge in [-0.2, -0.15) is 18.3 Å². The minimum atomic E-state index is -4.49. The molecule has 1 heterocycles. The lowest BCUT2D eigenvalue weighted by molar-refractivity contribution is -0.137. The zero-order valence-electron chi connectivity index (χ0n) is 19.6. The van der Waals surface area contributed by atoms with Gasteiger partial charge in [-0.1, -0.05) is 52.2 Å². The average molecular weight is 452 g/mol. The normalized spacial score (nSPS) is 20.5. The van der Waals surface area contributed by atoms with E-state index in [0.29, 0.717) is 5.56 Å². The Kier molecular flexibility index (Phi) is 7.91. The van der Waals surface area contributed by atoms with Crippen molar-refractivity contribution in [2.24, 2.45) is 11.8 Å². The van der Waals surface area contributed by atoms with E-state index >= 15 is 0 Å². The van der Waals surface area contributed by atoms with Crippen LogP contribution in [0, 0.1) is 11.8 Å². The van der Waals surface area contributed by atoms with Crippen LogP contribution in [0.4, 0.5) is 18.9 Å². The zero-order chi connectivity index (χ0) is 23.5. The molecule has 1 saturated carbocycles. The van der Waals surface area contributed by atoms with Gasteiger partial charge in [-0.15, -0.1) is 0 Å². The Morgan fingerprint density at radius 3 is 2.59 bits per heavy atom. The van der Waals surface area contributed by atoms with E-state index < -0.39 is 18.0 Å². The van der Waals surface area contributed by atoms with E-state index in [-0.39, 0.29) is 11.6 Å². The van der Waals surface area contributed by atoms with Crippen molar-refractivity contribution in [3.63, 3.8) is 0 Å². The van der Waals surface area contributed by atoms with Gasteiger partial charge in [0.05, 0.1) is 17.4 Å².